The summed E-state index contributed by atoms with van der Waals surface area (Å²) < 4.78 is 12.9. The number of fused-ring (bicyclic) bond motifs is 1. The molecule has 3 aromatic rings. The van der Waals surface area contributed by atoms with Crippen LogP contribution in [0.25, 0.3) is 22.0 Å². The van der Waals surface area contributed by atoms with Crippen molar-refractivity contribution in [3.63, 3.8) is 0 Å². The molecule has 3 rings (SSSR count). The van der Waals surface area contributed by atoms with Crippen molar-refractivity contribution in [2.75, 3.05) is 0 Å². The molecule has 0 atom stereocenters. The molecular weight excluding hydrogens is 303 g/mol. The van der Waals surface area contributed by atoms with Gasteiger partial charge >= 0.3 is 0 Å². The first-order chi connectivity index (χ1) is 10.5. The van der Waals surface area contributed by atoms with E-state index in [0.29, 0.717) is 10.9 Å². The highest BCUT2D eigenvalue weighted by Gasteiger charge is 2.08. The van der Waals surface area contributed by atoms with E-state index in [-0.39, 0.29) is 22.2 Å². The molecule has 0 aliphatic carbocycles. The Balaban J connectivity index is 2.11. The van der Waals surface area contributed by atoms with Crippen molar-refractivity contribution in [1.29, 1.82) is 0 Å². The SMILES string of the molecule is Cc1cccc2c(=O)[nH]c(/C(Cl)=C/c3ccc(F)cc3)nc12. The quantitative estimate of drug-likeness (QED) is 0.773. The molecule has 0 spiro atoms. The van der Waals surface area contributed by atoms with Crippen LogP contribution in [0.4, 0.5) is 4.39 Å². The molecule has 0 fully saturated rings. The number of nitrogens with one attached hydrogen (secondary N) is 1. The second-order valence-corrected chi connectivity index (χ2v) is 5.34. The standard InChI is InChI=1S/C17H12ClFN2O/c1-10-3-2-4-13-15(10)20-16(21-17(13)22)14(18)9-11-5-7-12(19)8-6-11/h2-9H,1H3,(H,20,21,22)/b14-9-. The number of halogens is 2. The van der Waals surface area contributed by atoms with Gasteiger partial charge in [0.2, 0.25) is 0 Å². The number of aromatic amines is 1. The molecule has 0 unspecified atom stereocenters. The van der Waals surface area contributed by atoms with Crippen molar-refractivity contribution in [1.82, 2.24) is 9.97 Å². The molecule has 0 radical (unpaired) electrons. The highest BCUT2D eigenvalue weighted by atomic mass is 35.5. The molecule has 0 saturated carbocycles. The Morgan fingerprint density at radius 3 is 2.68 bits per heavy atom. The number of hydrogen-bond donors (Lipinski definition) is 1. The minimum atomic E-state index is -0.318. The van der Waals surface area contributed by atoms with E-state index >= 15 is 0 Å². The second-order valence-electron chi connectivity index (χ2n) is 4.93. The van der Waals surface area contributed by atoms with Crippen LogP contribution in [-0.2, 0) is 0 Å². The summed E-state index contributed by atoms with van der Waals surface area (Å²) >= 11 is 6.24. The van der Waals surface area contributed by atoms with E-state index in [9.17, 15) is 9.18 Å². The van der Waals surface area contributed by atoms with E-state index in [4.69, 9.17) is 11.6 Å². The lowest BCUT2D eigenvalue weighted by Gasteiger charge is -2.04. The maximum Gasteiger partial charge on any atom is 0.259 e. The molecule has 0 saturated heterocycles. The van der Waals surface area contributed by atoms with Crippen molar-refractivity contribution in [2.45, 2.75) is 6.92 Å². The molecule has 1 N–H and O–H groups in total. The zero-order chi connectivity index (χ0) is 15.7. The summed E-state index contributed by atoms with van der Waals surface area (Å²) in [6, 6.07) is 11.3. The number of hydrogen-bond acceptors (Lipinski definition) is 2. The molecular formula is C17H12ClFN2O. The molecule has 110 valence electrons. The Morgan fingerprint density at radius 2 is 1.95 bits per heavy atom. The highest BCUT2D eigenvalue weighted by Crippen LogP contribution is 2.21. The maximum atomic E-state index is 12.9. The Hall–Kier alpha value is -2.46. The van der Waals surface area contributed by atoms with Crippen LogP contribution in [0.1, 0.15) is 17.0 Å². The number of aromatic nitrogens is 2. The minimum absolute atomic E-state index is 0.241. The van der Waals surface area contributed by atoms with Crippen LogP contribution in [0, 0.1) is 12.7 Å². The third-order valence-corrected chi connectivity index (χ3v) is 3.62. The van der Waals surface area contributed by atoms with Gasteiger partial charge in [-0.25, -0.2) is 9.37 Å². The highest BCUT2D eigenvalue weighted by molar-refractivity contribution is 6.50. The van der Waals surface area contributed by atoms with E-state index in [0.717, 1.165) is 11.1 Å². The maximum absolute atomic E-state index is 12.9. The first-order valence-electron chi connectivity index (χ1n) is 6.67. The van der Waals surface area contributed by atoms with Crippen LogP contribution in [-0.4, -0.2) is 9.97 Å². The molecule has 0 aliphatic heterocycles. The summed E-state index contributed by atoms with van der Waals surface area (Å²) in [6.07, 6.45) is 1.63. The zero-order valence-electron chi connectivity index (χ0n) is 11.7. The number of aryl methyl sites for hydroxylation is 1. The van der Waals surface area contributed by atoms with Crippen molar-refractivity contribution < 1.29 is 4.39 Å². The Labute approximate surface area is 131 Å². The number of nitrogens with zero attached hydrogens (tertiary/aromatic N) is 1. The molecule has 0 amide bonds. The van der Waals surface area contributed by atoms with Gasteiger partial charge in [0, 0.05) is 0 Å². The predicted octanol–water partition coefficient (Wildman–Crippen LogP) is 4.11. The summed E-state index contributed by atoms with van der Waals surface area (Å²) in [5.74, 6) is -0.0288. The summed E-state index contributed by atoms with van der Waals surface area (Å²) in [5, 5.41) is 0.809. The molecule has 3 nitrogen and oxygen atoms in total. The smallest absolute Gasteiger partial charge is 0.259 e. The average Bonchev–Trinajstić information content (AvgIpc) is 2.50. The fraction of sp³-hybridized carbons (Fsp3) is 0.0588. The average molecular weight is 315 g/mol. The fourth-order valence-corrected chi connectivity index (χ4v) is 2.41. The van der Waals surface area contributed by atoms with Crippen LogP contribution < -0.4 is 5.56 Å². The van der Waals surface area contributed by atoms with Crippen molar-refractivity contribution >= 4 is 33.6 Å². The van der Waals surface area contributed by atoms with Crippen LogP contribution >= 0.6 is 11.6 Å². The monoisotopic (exact) mass is 314 g/mol. The largest absolute Gasteiger partial charge is 0.305 e. The minimum Gasteiger partial charge on any atom is -0.305 e. The van der Waals surface area contributed by atoms with Gasteiger partial charge in [0.15, 0.2) is 5.82 Å². The number of para-hydroxylation sites is 1. The zero-order valence-corrected chi connectivity index (χ0v) is 12.5. The lowest BCUT2D eigenvalue weighted by Crippen LogP contribution is -2.11. The molecule has 0 aliphatic rings. The van der Waals surface area contributed by atoms with Crippen LogP contribution in [0.2, 0.25) is 0 Å². The van der Waals surface area contributed by atoms with Crippen molar-refractivity contribution in [2.24, 2.45) is 0 Å². The first kappa shape index (κ1) is 14.5. The normalized spacial score (nSPS) is 11.9. The molecule has 1 heterocycles. The summed E-state index contributed by atoms with van der Waals surface area (Å²) in [4.78, 5) is 19.2. The van der Waals surface area contributed by atoms with Gasteiger partial charge in [-0.15, -0.1) is 0 Å². The number of benzene rings is 2. The lowest BCUT2D eigenvalue weighted by atomic mass is 10.1. The van der Waals surface area contributed by atoms with Gasteiger partial charge in [0.1, 0.15) is 5.82 Å². The third-order valence-electron chi connectivity index (χ3n) is 3.33. The molecule has 5 heteroatoms. The van der Waals surface area contributed by atoms with E-state index in [1.165, 1.54) is 12.1 Å². The van der Waals surface area contributed by atoms with E-state index < -0.39 is 0 Å². The lowest BCUT2D eigenvalue weighted by molar-refractivity contribution is 0.628. The van der Waals surface area contributed by atoms with Gasteiger partial charge in [0.05, 0.1) is 15.9 Å². The number of H-pyrrole nitrogens is 1. The van der Waals surface area contributed by atoms with Crippen LogP contribution in [0.3, 0.4) is 0 Å². The summed E-state index contributed by atoms with van der Waals surface area (Å²) in [5.41, 5.74) is 2.00. The third kappa shape index (κ3) is 2.78. The Bertz CT molecular complexity index is 930. The molecule has 1 aromatic heterocycles. The fourth-order valence-electron chi connectivity index (χ4n) is 2.19. The van der Waals surface area contributed by atoms with Gasteiger partial charge in [-0.3, -0.25) is 4.79 Å². The summed E-state index contributed by atoms with van der Waals surface area (Å²) in [7, 11) is 0. The summed E-state index contributed by atoms with van der Waals surface area (Å²) in [6.45, 7) is 1.89. The van der Waals surface area contributed by atoms with E-state index in [2.05, 4.69) is 9.97 Å². The number of rotatable bonds is 2. The first-order valence-corrected chi connectivity index (χ1v) is 7.05. The van der Waals surface area contributed by atoms with Crippen molar-refractivity contribution in [3.05, 3.63) is 75.6 Å². The van der Waals surface area contributed by atoms with Crippen LogP contribution in [0.15, 0.2) is 47.3 Å². The van der Waals surface area contributed by atoms with Gasteiger partial charge in [-0.1, -0.05) is 35.9 Å². The Morgan fingerprint density at radius 1 is 1.23 bits per heavy atom. The predicted molar refractivity (Wildman–Crippen MR) is 87.2 cm³/mol. The van der Waals surface area contributed by atoms with Gasteiger partial charge in [0.25, 0.3) is 5.56 Å². The Kier molecular flexibility index (Phi) is 3.77. The van der Waals surface area contributed by atoms with Gasteiger partial charge in [-0.2, -0.15) is 0 Å². The molecule has 22 heavy (non-hydrogen) atoms. The van der Waals surface area contributed by atoms with Crippen LogP contribution in [0.5, 0.6) is 0 Å². The van der Waals surface area contributed by atoms with Crippen molar-refractivity contribution in [3.8, 4) is 0 Å². The van der Waals surface area contributed by atoms with Gasteiger partial charge in [-0.05, 0) is 42.3 Å². The van der Waals surface area contributed by atoms with E-state index in [1.807, 2.05) is 19.1 Å². The molecule has 0 bridgehead atoms. The molecule has 2 aromatic carbocycles. The van der Waals surface area contributed by atoms with E-state index in [1.54, 1.807) is 24.3 Å². The second kappa shape index (κ2) is 5.73. The van der Waals surface area contributed by atoms with Gasteiger partial charge < -0.3 is 4.98 Å². The topological polar surface area (TPSA) is 45.8 Å².